The minimum atomic E-state index is -4.32. The van der Waals surface area contributed by atoms with Crippen molar-refractivity contribution in [1.29, 1.82) is 0 Å². The summed E-state index contributed by atoms with van der Waals surface area (Å²) < 4.78 is 37.0. The zero-order valence-electron chi connectivity index (χ0n) is 17.9. The van der Waals surface area contributed by atoms with Crippen molar-refractivity contribution in [3.05, 3.63) is 51.5 Å². The average molecular weight is 480 g/mol. The number of benzene rings is 1. The summed E-state index contributed by atoms with van der Waals surface area (Å²) in [5.74, 6) is -6.17. The summed E-state index contributed by atoms with van der Waals surface area (Å²) in [5.41, 5.74) is 5.24. The quantitative estimate of drug-likeness (QED) is 0.321. The number of nitrogens with one attached hydrogen (secondary N) is 1. The van der Waals surface area contributed by atoms with E-state index in [-0.39, 0.29) is 42.6 Å². The van der Waals surface area contributed by atoms with Crippen LogP contribution in [0.25, 0.3) is 0 Å². The minimum Gasteiger partial charge on any atom is -0.511 e. The molecule has 8 nitrogen and oxygen atoms in total. The Morgan fingerprint density at radius 1 is 1.15 bits per heavy atom. The van der Waals surface area contributed by atoms with Crippen molar-refractivity contribution in [3.8, 4) is 5.75 Å². The number of halogens is 3. The molecule has 0 aromatic heterocycles. The molecule has 0 saturated carbocycles. The number of phenols is 1. The van der Waals surface area contributed by atoms with Gasteiger partial charge in [-0.1, -0.05) is 12.1 Å². The molecule has 0 radical (unpaired) electrons. The van der Waals surface area contributed by atoms with Gasteiger partial charge in [-0.05, 0) is 30.2 Å². The van der Waals surface area contributed by atoms with Gasteiger partial charge >= 0.3 is 6.18 Å². The molecule has 3 atom stereocenters. The Bertz CT molecular complexity index is 1150. The van der Waals surface area contributed by atoms with Crippen molar-refractivity contribution in [2.75, 3.05) is 6.54 Å². The summed E-state index contributed by atoms with van der Waals surface area (Å²) in [6.45, 7) is -0.470. The summed E-state index contributed by atoms with van der Waals surface area (Å²) in [7, 11) is 0. The normalized spacial score (nSPS) is 24.6. The van der Waals surface area contributed by atoms with Gasteiger partial charge in [-0.2, -0.15) is 13.2 Å². The molecule has 182 valence electrons. The number of rotatable bonds is 5. The van der Waals surface area contributed by atoms with Crippen molar-refractivity contribution in [3.63, 3.8) is 0 Å². The monoisotopic (exact) mass is 480 g/mol. The maximum absolute atomic E-state index is 13.3. The number of amides is 1. The third-order valence-electron chi connectivity index (χ3n) is 6.74. The van der Waals surface area contributed by atoms with E-state index in [1.165, 1.54) is 6.07 Å². The van der Waals surface area contributed by atoms with Gasteiger partial charge in [0.25, 0.3) is 5.91 Å². The highest BCUT2D eigenvalue weighted by molar-refractivity contribution is 6.22. The zero-order valence-corrected chi connectivity index (χ0v) is 17.9. The van der Waals surface area contributed by atoms with Crippen molar-refractivity contribution in [2.45, 2.75) is 38.4 Å². The Morgan fingerprint density at radius 3 is 2.50 bits per heavy atom. The van der Waals surface area contributed by atoms with Crippen LogP contribution in [-0.4, -0.2) is 45.5 Å². The maximum Gasteiger partial charge on any atom is 0.390 e. The van der Waals surface area contributed by atoms with Crippen LogP contribution in [0.5, 0.6) is 5.75 Å². The van der Waals surface area contributed by atoms with Crippen LogP contribution in [0.1, 0.15) is 40.7 Å². The summed E-state index contributed by atoms with van der Waals surface area (Å²) in [5, 5.41) is 34.4. The van der Waals surface area contributed by atoms with Gasteiger partial charge in [0, 0.05) is 30.6 Å². The van der Waals surface area contributed by atoms with E-state index in [4.69, 9.17) is 5.73 Å². The van der Waals surface area contributed by atoms with Crippen molar-refractivity contribution >= 4 is 17.5 Å². The first-order valence-electron chi connectivity index (χ1n) is 10.8. The highest BCUT2D eigenvalue weighted by atomic mass is 19.4. The minimum absolute atomic E-state index is 0.0372. The van der Waals surface area contributed by atoms with E-state index in [9.17, 15) is 42.9 Å². The number of nitrogens with two attached hydrogens (primary N) is 1. The molecule has 34 heavy (non-hydrogen) atoms. The van der Waals surface area contributed by atoms with Gasteiger partial charge in [0.1, 0.15) is 22.8 Å². The molecule has 0 bridgehead atoms. The van der Waals surface area contributed by atoms with E-state index in [1.54, 1.807) is 6.07 Å². The standard InChI is InChI=1S/C23H23F3N2O6/c24-23(25,26)3-4-28-8-10-2-1-9-5-11-6-12-7-13(29)17(22(27)34)21(33)16(12)20(32)15(11)19(31)14(9)18(10)30/h1-2,11-12,16,28-30,32H,3-8H2,(H2,27,34). The smallest absolute Gasteiger partial charge is 0.390 e. The lowest BCUT2D eigenvalue weighted by molar-refractivity contribution is -0.133. The van der Waals surface area contributed by atoms with Crippen LogP contribution < -0.4 is 11.1 Å². The predicted octanol–water partition coefficient (Wildman–Crippen LogP) is 2.51. The first-order chi connectivity index (χ1) is 15.9. The third-order valence-corrected chi connectivity index (χ3v) is 6.74. The number of carbonyl (C=O) groups is 3. The fraction of sp³-hybridized carbons (Fsp3) is 0.435. The Morgan fingerprint density at radius 2 is 1.85 bits per heavy atom. The number of hydrogen-bond acceptors (Lipinski definition) is 7. The molecular weight excluding hydrogens is 457 g/mol. The van der Waals surface area contributed by atoms with E-state index in [2.05, 4.69) is 5.32 Å². The number of aliphatic hydroxyl groups is 2. The largest absolute Gasteiger partial charge is 0.511 e. The van der Waals surface area contributed by atoms with E-state index in [1.807, 2.05) is 0 Å². The number of Topliss-reactive ketones (excluding diaryl/α,β-unsaturated/α-hetero) is 2. The van der Waals surface area contributed by atoms with E-state index < -0.39 is 70.7 Å². The van der Waals surface area contributed by atoms with Crippen molar-refractivity contribution < 1.29 is 42.9 Å². The topological polar surface area (TPSA) is 150 Å². The van der Waals surface area contributed by atoms with Gasteiger partial charge in [-0.25, -0.2) is 0 Å². The molecule has 3 aliphatic rings. The van der Waals surface area contributed by atoms with E-state index in [0.717, 1.165) is 0 Å². The van der Waals surface area contributed by atoms with Gasteiger partial charge in [-0.3, -0.25) is 14.4 Å². The highest BCUT2D eigenvalue weighted by Gasteiger charge is 2.50. The summed E-state index contributed by atoms with van der Waals surface area (Å²) in [6.07, 6.45) is -4.85. The molecule has 3 aliphatic carbocycles. The van der Waals surface area contributed by atoms with Crippen LogP contribution in [0.3, 0.4) is 0 Å². The van der Waals surface area contributed by atoms with Crippen LogP contribution in [0.4, 0.5) is 13.2 Å². The third kappa shape index (κ3) is 4.04. The van der Waals surface area contributed by atoms with Gasteiger partial charge in [0.05, 0.1) is 17.9 Å². The molecule has 0 fully saturated rings. The summed E-state index contributed by atoms with van der Waals surface area (Å²) >= 11 is 0. The number of ketones is 2. The molecule has 1 amide bonds. The van der Waals surface area contributed by atoms with E-state index in [0.29, 0.717) is 12.0 Å². The van der Waals surface area contributed by atoms with Crippen molar-refractivity contribution in [2.24, 2.45) is 23.5 Å². The first kappa shape index (κ1) is 23.8. The number of alkyl halides is 3. The maximum atomic E-state index is 13.3. The lowest BCUT2D eigenvalue weighted by Gasteiger charge is -2.40. The number of fused-ring (bicyclic) bond motifs is 3. The number of aliphatic hydroxyl groups excluding tert-OH is 2. The van der Waals surface area contributed by atoms with Crippen LogP contribution in [-0.2, 0) is 22.6 Å². The number of allylic oxidation sites excluding steroid dienone is 3. The zero-order chi connectivity index (χ0) is 24.9. The highest BCUT2D eigenvalue weighted by Crippen LogP contribution is 2.49. The Labute approximate surface area is 191 Å². The molecule has 4 rings (SSSR count). The van der Waals surface area contributed by atoms with Crippen LogP contribution >= 0.6 is 0 Å². The molecule has 0 saturated heterocycles. The number of primary amides is 1. The van der Waals surface area contributed by atoms with Crippen LogP contribution in [0, 0.1) is 17.8 Å². The summed E-state index contributed by atoms with van der Waals surface area (Å²) in [4.78, 5) is 37.8. The van der Waals surface area contributed by atoms with Gasteiger partial charge < -0.3 is 26.4 Å². The molecule has 11 heteroatoms. The molecule has 3 unspecified atom stereocenters. The number of phenolic OH excluding ortho intramolecular Hbond substituents is 1. The molecule has 6 N–H and O–H groups in total. The SMILES string of the molecule is NC(=O)C1=C(O)CC2CC3Cc4ccc(CNCCC(F)(F)F)c(O)c4C(=O)C3=C(O)C2C1=O. The molecule has 0 aliphatic heterocycles. The fourth-order valence-electron chi connectivity index (χ4n) is 5.25. The lowest BCUT2D eigenvalue weighted by atomic mass is 9.62. The second-order valence-electron chi connectivity index (χ2n) is 8.91. The van der Waals surface area contributed by atoms with Crippen molar-refractivity contribution in [1.82, 2.24) is 5.32 Å². The summed E-state index contributed by atoms with van der Waals surface area (Å²) in [6, 6.07) is 3.14. The van der Waals surface area contributed by atoms with Crippen LogP contribution in [0.2, 0.25) is 0 Å². The Hall–Kier alpha value is -3.34. The molecule has 1 aromatic rings. The number of hydrogen-bond donors (Lipinski definition) is 5. The number of aromatic hydroxyl groups is 1. The average Bonchev–Trinajstić information content (AvgIpc) is 2.70. The van der Waals surface area contributed by atoms with E-state index >= 15 is 0 Å². The molecule has 1 aromatic carbocycles. The Balaban J connectivity index is 1.65. The molecule has 0 heterocycles. The second-order valence-corrected chi connectivity index (χ2v) is 8.91. The molecule has 0 spiro atoms. The Kier molecular flexibility index (Phi) is 5.92. The van der Waals surface area contributed by atoms with Gasteiger partial charge in [-0.15, -0.1) is 0 Å². The number of carbonyl (C=O) groups excluding carboxylic acids is 3. The second kappa shape index (κ2) is 8.46. The lowest BCUT2D eigenvalue weighted by Crippen LogP contribution is -2.43. The van der Waals surface area contributed by atoms with Crippen LogP contribution in [0.15, 0.2) is 34.8 Å². The predicted molar refractivity (Wildman–Crippen MR) is 112 cm³/mol. The van der Waals surface area contributed by atoms with Gasteiger partial charge in [0.2, 0.25) is 0 Å². The van der Waals surface area contributed by atoms with Gasteiger partial charge in [0.15, 0.2) is 11.6 Å². The molecular formula is C23H23F3N2O6. The first-order valence-corrected chi connectivity index (χ1v) is 10.8. The fourth-order valence-corrected chi connectivity index (χ4v) is 5.25.